The molecular weight excluding hydrogens is 498 g/mol. The molecule has 0 aliphatic rings. The molecule has 0 atom stereocenters. The van der Waals surface area contributed by atoms with Crippen LogP contribution in [0.5, 0.6) is 0 Å². The van der Waals surface area contributed by atoms with E-state index in [1.165, 1.54) is 28.0 Å². The Bertz CT molecular complexity index is 1380. The van der Waals surface area contributed by atoms with Crippen molar-refractivity contribution < 1.29 is 4.39 Å². The number of nitrogens with zero attached hydrogens (tertiary/aromatic N) is 2. The fourth-order valence-corrected chi connectivity index (χ4v) is 9.41. The number of halogens is 2. The van der Waals surface area contributed by atoms with Gasteiger partial charge in [-0.05, 0) is 78.2 Å². The lowest BCUT2D eigenvalue weighted by Gasteiger charge is -2.29. The number of aromatic nitrogens is 2. The molecule has 0 saturated carbocycles. The molecule has 1 heterocycles. The van der Waals surface area contributed by atoms with E-state index >= 15 is 0 Å². The zero-order valence-corrected chi connectivity index (χ0v) is 22.5. The first-order valence-electron chi connectivity index (χ1n) is 12.4. The minimum atomic E-state index is -2.21. The summed E-state index contributed by atoms with van der Waals surface area (Å²) < 4.78 is 13.9. The van der Waals surface area contributed by atoms with Crippen molar-refractivity contribution in [3.63, 3.8) is 0 Å². The maximum absolute atomic E-state index is 13.9. The van der Waals surface area contributed by atoms with E-state index in [1.54, 1.807) is 12.1 Å². The zero-order chi connectivity index (χ0) is 25.8. The molecule has 0 fully saturated rings. The maximum Gasteiger partial charge on any atom is 0.223 e. The van der Waals surface area contributed by atoms with Crippen LogP contribution in [-0.2, 0) is 6.16 Å². The fraction of sp³-hybridized carbons (Fsp3) is 0.125. The van der Waals surface area contributed by atoms with E-state index in [9.17, 15) is 4.39 Å². The molecule has 37 heavy (non-hydrogen) atoms. The van der Waals surface area contributed by atoms with Gasteiger partial charge in [-0.1, -0.05) is 68.4 Å². The number of benzene rings is 4. The molecule has 0 radical (unpaired) electrons. The van der Waals surface area contributed by atoms with E-state index in [2.05, 4.69) is 105 Å². The minimum absolute atomic E-state index is 0.124. The van der Waals surface area contributed by atoms with Crippen molar-refractivity contribution in [3.8, 4) is 11.3 Å². The van der Waals surface area contributed by atoms with Crippen LogP contribution >= 0.6 is 18.9 Å². The van der Waals surface area contributed by atoms with Gasteiger partial charge >= 0.3 is 0 Å². The average molecular weight is 526 g/mol. The Kier molecular flexibility index (Phi) is 7.46. The Morgan fingerprint density at radius 3 is 1.57 bits per heavy atom. The van der Waals surface area contributed by atoms with Gasteiger partial charge in [0.2, 0.25) is 5.28 Å². The van der Waals surface area contributed by atoms with E-state index in [4.69, 9.17) is 21.6 Å². The topological polar surface area (TPSA) is 25.8 Å². The first-order valence-corrected chi connectivity index (χ1v) is 14.7. The third kappa shape index (κ3) is 5.07. The molecular formula is C32H28ClFN2P+. The molecule has 2 nitrogen and oxygen atoms in total. The molecule has 0 aliphatic heterocycles. The SMILES string of the molecule is CC(C)c1nc(Cl)nc(-c2ccc(F)cc2)c1C[P+](c1ccccc1)(c1ccccc1)c1ccccc1. The Balaban J connectivity index is 1.85. The van der Waals surface area contributed by atoms with Crippen LogP contribution in [0.1, 0.15) is 31.0 Å². The predicted octanol–water partition coefficient (Wildman–Crippen LogP) is 7.55. The summed E-state index contributed by atoms with van der Waals surface area (Å²) in [6, 6.07) is 38.7. The van der Waals surface area contributed by atoms with Gasteiger partial charge in [0.15, 0.2) is 0 Å². The fourth-order valence-electron chi connectivity index (χ4n) is 4.96. The number of hydrogen-bond donors (Lipinski definition) is 0. The van der Waals surface area contributed by atoms with Gasteiger partial charge in [0.05, 0.1) is 11.4 Å². The molecule has 0 amide bonds. The van der Waals surface area contributed by atoms with Gasteiger partial charge in [0.25, 0.3) is 0 Å². The predicted molar refractivity (Wildman–Crippen MR) is 155 cm³/mol. The van der Waals surface area contributed by atoms with Gasteiger partial charge in [-0.2, -0.15) is 0 Å². The van der Waals surface area contributed by atoms with Gasteiger partial charge in [-0.3, -0.25) is 0 Å². The van der Waals surface area contributed by atoms with Crippen LogP contribution in [0.3, 0.4) is 0 Å². The lowest BCUT2D eigenvalue weighted by molar-refractivity contribution is 0.628. The van der Waals surface area contributed by atoms with Crippen molar-refractivity contribution in [2.45, 2.75) is 25.9 Å². The summed E-state index contributed by atoms with van der Waals surface area (Å²) in [5.74, 6) is -0.159. The summed E-state index contributed by atoms with van der Waals surface area (Å²) >= 11 is 6.48. The standard InChI is InChI=1S/C32H28ClFN2P/c1-23(2)30-29(31(36-32(33)35-30)24-18-20-25(34)21-19-24)22-37(26-12-6-3-7-13-26,27-14-8-4-9-15-27)28-16-10-5-11-17-28/h3-21,23H,22H2,1-2H3/q+1. The monoisotopic (exact) mass is 525 g/mol. The van der Waals surface area contributed by atoms with Crippen molar-refractivity contribution in [3.05, 3.63) is 138 Å². The van der Waals surface area contributed by atoms with Crippen molar-refractivity contribution in [1.82, 2.24) is 9.97 Å². The van der Waals surface area contributed by atoms with Crippen molar-refractivity contribution in [2.24, 2.45) is 0 Å². The first kappa shape index (κ1) is 25.3. The summed E-state index contributed by atoms with van der Waals surface area (Å²) in [6.45, 7) is 4.26. The highest BCUT2D eigenvalue weighted by Gasteiger charge is 2.47. The molecule has 4 aromatic carbocycles. The minimum Gasteiger partial charge on any atom is -0.222 e. The Hall–Kier alpha value is -3.39. The summed E-state index contributed by atoms with van der Waals surface area (Å²) in [5, 5.41) is 4.04. The lowest BCUT2D eigenvalue weighted by Crippen LogP contribution is -2.33. The molecule has 5 aromatic rings. The molecule has 5 heteroatoms. The largest absolute Gasteiger partial charge is 0.223 e. The first-order chi connectivity index (χ1) is 18.0. The number of rotatable bonds is 7. The van der Waals surface area contributed by atoms with Crippen LogP contribution in [0.2, 0.25) is 5.28 Å². The van der Waals surface area contributed by atoms with Gasteiger partial charge in [-0.15, -0.1) is 0 Å². The van der Waals surface area contributed by atoms with Crippen LogP contribution in [0, 0.1) is 5.82 Å². The summed E-state index contributed by atoms with van der Waals surface area (Å²) in [7, 11) is -2.21. The molecule has 5 rings (SSSR count). The van der Waals surface area contributed by atoms with E-state index in [1.807, 2.05) is 0 Å². The van der Waals surface area contributed by atoms with Gasteiger partial charge in [-0.25, -0.2) is 14.4 Å². The maximum atomic E-state index is 13.9. The Morgan fingerprint density at radius 2 is 1.14 bits per heavy atom. The van der Waals surface area contributed by atoms with E-state index < -0.39 is 7.26 Å². The van der Waals surface area contributed by atoms with Crippen LogP contribution < -0.4 is 15.9 Å². The van der Waals surface area contributed by atoms with E-state index in [0.29, 0.717) is 6.16 Å². The van der Waals surface area contributed by atoms with Crippen molar-refractivity contribution in [2.75, 3.05) is 0 Å². The quantitative estimate of drug-likeness (QED) is 0.162. The van der Waals surface area contributed by atoms with E-state index in [-0.39, 0.29) is 17.0 Å². The average Bonchev–Trinajstić information content (AvgIpc) is 2.94. The molecule has 0 aliphatic carbocycles. The lowest BCUT2D eigenvalue weighted by atomic mass is 10.00. The number of hydrogen-bond acceptors (Lipinski definition) is 2. The van der Waals surface area contributed by atoms with Gasteiger partial charge < -0.3 is 0 Å². The van der Waals surface area contributed by atoms with Crippen molar-refractivity contribution >= 4 is 34.8 Å². The third-order valence-electron chi connectivity index (χ3n) is 6.66. The molecule has 0 N–H and O–H groups in total. The third-order valence-corrected chi connectivity index (χ3v) is 11.2. The second-order valence-corrected chi connectivity index (χ2v) is 13.2. The smallest absolute Gasteiger partial charge is 0.222 e. The molecule has 0 unspecified atom stereocenters. The molecule has 1 aromatic heterocycles. The molecule has 184 valence electrons. The summed E-state index contributed by atoms with van der Waals surface area (Å²) in [5.41, 5.74) is 3.56. The van der Waals surface area contributed by atoms with Gasteiger partial charge in [0.1, 0.15) is 35.2 Å². The van der Waals surface area contributed by atoms with Crippen LogP contribution in [0.4, 0.5) is 4.39 Å². The van der Waals surface area contributed by atoms with Crippen molar-refractivity contribution in [1.29, 1.82) is 0 Å². The second kappa shape index (κ2) is 10.9. The highest BCUT2D eigenvalue weighted by Crippen LogP contribution is 2.59. The summed E-state index contributed by atoms with van der Waals surface area (Å²) in [4.78, 5) is 9.47. The summed E-state index contributed by atoms with van der Waals surface area (Å²) in [6.07, 6.45) is 0.711. The van der Waals surface area contributed by atoms with Crippen LogP contribution in [0.25, 0.3) is 11.3 Å². The highest BCUT2D eigenvalue weighted by molar-refractivity contribution is 7.95. The highest BCUT2D eigenvalue weighted by atomic mass is 35.5. The molecule has 0 bridgehead atoms. The van der Waals surface area contributed by atoms with Crippen LogP contribution in [-0.4, -0.2) is 9.97 Å². The Morgan fingerprint density at radius 1 is 0.676 bits per heavy atom. The van der Waals surface area contributed by atoms with Gasteiger partial charge in [0, 0.05) is 11.1 Å². The van der Waals surface area contributed by atoms with Crippen LogP contribution in [0.15, 0.2) is 115 Å². The molecule has 0 saturated heterocycles. The van der Waals surface area contributed by atoms with E-state index in [0.717, 1.165) is 22.5 Å². The normalized spacial score (nSPS) is 11.6. The second-order valence-electron chi connectivity index (χ2n) is 9.34. The molecule has 0 spiro atoms. The Labute approximate surface area is 223 Å². The zero-order valence-electron chi connectivity index (χ0n) is 20.9.